The summed E-state index contributed by atoms with van der Waals surface area (Å²) in [5.74, 6) is -2.47. The molecule has 0 saturated carbocycles. The van der Waals surface area contributed by atoms with Crippen molar-refractivity contribution in [2.75, 3.05) is 0 Å². The van der Waals surface area contributed by atoms with E-state index in [0.717, 1.165) is 18.9 Å². The van der Waals surface area contributed by atoms with Gasteiger partial charge in [-0.25, -0.2) is 13.2 Å². The van der Waals surface area contributed by atoms with Crippen LogP contribution in [0.2, 0.25) is 0 Å². The third-order valence-corrected chi connectivity index (χ3v) is 4.03. The van der Waals surface area contributed by atoms with Crippen LogP contribution < -0.4 is 0 Å². The lowest BCUT2D eigenvalue weighted by molar-refractivity contribution is 0.0175. The second-order valence-electron chi connectivity index (χ2n) is 4.17. The van der Waals surface area contributed by atoms with Crippen LogP contribution in [-0.4, -0.2) is 11.2 Å². The summed E-state index contributed by atoms with van der Waals surface area (Å²) in [6.07, 6.45) is 1.24. The Bertz CT molecular complexity index is 330. The molecular formula is C13H17F3S. The number of thioether (sulfide) groups is 1. The Hall–Kier alpha value is -0.640. The summed E-state index contributed by atoms with van der Waals surface area (Å²) < 4.78 is 39.2. The third kappa shape index (κ3) is 5.02. The van der Waals surface area contributed by atoms with Crippen molar-refractivity contribution >= 4 is 11.8 Å². The monoisotopic (exact) mass is 262 g/mol. The zero-order chi connectivity index (χ0) is 12.9. The minimum atomic E-state index is -2.67. The maximum Gasteiger partial charge on any atom is 0.257 e. The average molecular weight is 262 g/mol. The van der Waals surface area contributed by atoms with Crippen molar-refractivity contribution in [3.8, 4) is 0 Å². The summed E-state index contributed by atoms with van der Waals surface area (Å²) in [6, 6.07) is 5.99. The highest BCUT2D eigenvalue weighted by molar-refractivity contribution is 7.99. The van der Waals surface area contributed by atoms with E-state index in [1.54, 1.807) is 12.1 Å². The van der Waals surface area contributed by atoms with E-state index in [4.69, 9.17) is 0 Å². The van der Waals surface area contributed by atoms with E-state index in [0.29, 0.717) is 12.2 Å². The SMILES string of the molecule is CCCC(SCc1ccc(F)cc1)C(C)(F)F. The molecule has 0 N–H and O–H groups in total. The number of alkyl halides is 2. The van der Waals surface area contributed by atoms with Crippen LogP contribution in [0.1, 0.15) is 32.3 Å². The van der Waals surface area contributed by atoms with Gasteiger partial charge in [-0.15, -0.1) is 11.8 Å². The van der Waals surface area contributed by atoms with Gasteiger partial charge in [0.25, 0.3) is 5.92 Å². The second kappa shape index (κ2) is 6.34. The van der Waals surface area contributed by atoms with Gasteiger partial charge < -0.3 is 0 Å². The van der Waals surface area contributed by atoms with E-state index in [1.165, 1.54) is 23.9 Å². The molecule has 0 aliphatic rings. The van der Waals surface area contributed by atoms with Gasteiger partial charge in [0.05, 0.1) is 5.25 Å². The Morgan fingerprint density at radius 1 is 1.24 bits per heavy atom. The van der Waals surface area contributed by atoms with Gasteiger partial charge in [0.1, 0.15) is 5.82 Å². The van der Waals surface area contributed by atoms with Crippen LogP contribution in [0.4, 0.5) is 13.2 Å². The van der Waals surface area contributed by atoms with Gasteiger partial charge in [0.15, 0.2) is 0 Å². The highest BCUT2D eigenvalue weighted by Crippen LogP contribution is 2.33. The fourth-order valence-corrected chi connectivity index (χ4v) is 2.80. The molecule has 0 spiro atoms. The quantitative estimate of drug-likeness (QED) is 0.704. The maximum absolute atomic E-state index is 13.3. The molecule has 17 heavy (non-hydrogen) atoms. The normalized spacial score (nSPS) is 13.7. The lowest BCUT2D eigenvalue weighted by atomic mass is 10.1. The van der Waals surface area contributed by atoms with Gasteiger partial charge in [0, 0.05) is 12.7 Å². The summed E-state index contributed by atoms with van der Waals surface area (Å²) in [7, 11) is 0. The molecule has 0 radical (unpaired) electrons. The van der Waals surface area contributed by atoms with E-state index in [-0.39, 0.29) is 5.82 Å². The maximum atomic E-state index is 13.3. The molecular weight excluding hydrogens is 245 g/mol. The number of halogens is 3. The first-order valence-corrected chi connectivity index (χ1v) is 6.72. The number of benzene rings is 1. The Morgan fingerprint density at radius 2 is 1.82 bits per heavy atom. The van der Waals surface area contributed by atoms with E-state index in [1.807, 2.05) is 6.92 Å². The van der Waals surface area contributed by atoms with Crippen LogP contribution in [0.25, 0.3) is 0 Å². The van der Waals surface area contributed by atoms with Gasteiger partial charge in [-0.1, -0.05) is 25.5 Å². The van der Waals surface area contributed by atoms with E-state index in [9.17, 15) is 13.2 Å². The molecule has 0 fully saturated rings. The van der Waals surface area contributed by atoms with Gasteiger partial charge in [-0.3, -0.25) is 0 Å². The summed E-state index contributed by atoms with van der Waals surface area (Å²) in [5.41, 5.74) is 0.877. The zero-order valence-electron chi connectivity index (χ0n) is 10.1. The second-order valence-corrected chi connectivity index (χ2v) is 5.36. The van der Waals surface area contributed by atoms with Crippen molar-refractivity contribution < 1.29 is 13.2 Å². The van der Waals surface area contributed by atoms with Crippen molar-refractivity contribution in [2.45, 2.75) is 43.6 Å². The van der Waals surface area contributed by atoms with Crippen LogP contribution in [0.3, 0.4) is 0 Å². The molecule has 1 atom stereocenters. The minimum Gasteiger partial charge on any atom is -0.207 e. The lowest BCUT2D eigenvalue weighted by Gasteiger charge is -2.22. The highest BCUT2D eigenvalue weighted by Gasteiger charge is 2.33. The van der Waals surface area contributed by atoms with Gasteiger partial charge in [0.2, 0.25) is 0 Å². The molecule has 0 bridgehead atoms. The molecule has 1 aromatic carbocycles. The summed E-state index contributed by atoms with van der Waals surface area (Å²) in [6.45, 7) is 2.86. The number of hydrogen-bond acceptors (Lipinski definition) is 1. The van der Waals surface area contributed by atoms with Gasteiger partial charge >= 0.3 is 0 Å². The Labute approximate surface area is 105 Å². The molecule has 0 saturated heterocycles. The first-order chi connectivity index (χ1) is 7.93. The standard InChI is InChI=1S/C13H17F3S/c1-3-4-12(13(2,15)16)17-9-10-5-7-11(14)8-6-10/h5-8,12H,3-4,9H2,1-2H3. The van der Waals surface area contributed by atoms with E-state index < -0.39 is 11.2 Å². The van der Waals surface area contributed by atoms with Crippen molar-refractivity contribution in [2.24, 2.45) is 0 Å². The number of hydrogen-bond donors (Lipinski definition) is 0. The molecule has 0 aliphatic heterocycles. The molecule has 1 unspecified atom stereocenters. The van der Waals surface area contributed by atoms with Crippen LogP contribution in [0.15, 0.2) is 24.3 Å². The van der Waals surface area contributed by atoms with Gasteiger partial charge in [-0.2, -0.15) is 0 Å². The fraction of sp³-hybridized carbons (Fsp3) is 0.538. The molecule has 0 aromatic heterocycles. The summed E-state index contributed by atoms with van der Waals surface area (Å²) >= 11 is 1.24. The highest BCUT2D eigenvalue weighted by atomic mass is 32.2. The largest absolute Gasteiger partial charge is 0.257 e. The molecule has 4 heteroatoms. The number of rotatable bonds is 6. The van der Waals surface area contributed by atoms with E-state index >= 15 is 0 Å². The van der Waals surface area contributed by atoms with Gasteiger partial charge in [-0.05, 0) is 24.1 Å². The molecule has 0 nitrogen and oxygen atoms in total. The Morgan fingerprint density at radius 3 is 2.29 bits per heavy atom. The van der Waals surface area contributed by atoms with Crippen LogP contribution >= 0.6 is 11.8 Å². The molecule has 0 aliphatic carbocycles. The molecule has 0 amide bonds. The smallest absolute Gasteiger partial charge is 0.207 e. The predicted octanol–water partition coefficient (Wildman–Crippen LogP) is 4.88. The topological polar surface area (TPSA) is 0 Å². The van der Waals surface area contributed by atoms with Crippen LogP contribution in [0, 0.1) is 5.82 Å². The summed E-state index contributed by atoms with van der Waals surface area (Å²) in [5, 5.41) is -0.669. The van der Waals surface area contributed by atoms with E-state index in [2.05, 4.69) is 0 Å². The zero-order valence-corrected chi connectivity index (χ0v) is 10.9. The molecule has 1 aromatic rings. The van der Waals surface area contributed by atoms with Crippen molar-refractivity contribution in [1.82, 2.24) is 0 Å². The fourth-order valence-electron chi connectivity index (χ4n) is 1.52. The van der Waals surface area contributed by atoms with Crippen molar-refractivity contribution in [1.29, 1.82) is 0 Å². The van der Waals surface area contributed by atoms with Crippen molar-refractivity contribution in [3.63, 3.8) is 0 Å². The third-order valence-electron chi connectivity index (χ3n) is 2.48. The first kappa shape index (κ1) is 14.4. The molecule has 1 rings (SSSR count). The first-order valence-electron chi connectivity index (χ1n) is 5.67. The summed E-state index contributed by atoms with van der Waals surface area (Å²) in [4.78, 5) is 0. The molecule has 0 heterocycles. The molecule has 96 valence electrons. The predicted molar refractivity (Wildman–Crippen MR) is 67.0 cm³/mol. The minimum absolute atomic E-state index is 0.301. The van der Waals surface area contributed by atoms with Crippen LogP contribution in [-0.2, 0) is 5.75 Å². The lowest BCUT2D eigenvalue weighted by Crippen LogP contribution is -2.27. The Balaban J connectivity index is 2.54. The van der Waals surface area contributed by atoms with Crippen molar-refractivity contribution in [3.05, 3.63) is 35.6 Å². The Kier molecular flexibility index (Phi) is 5.37. The van der Waals surface area contributed by atoms with Crippen LogP contribution in [0.5, 0.6) is 0 Å². The average Bonchev–Trinajstić information content (AvgIpc) is 2.25.